The zero-order valence-electron chi connectivity index (χ0n) is 12.8. The van der Waals surface area contributed by atoms with Crippen molar-refractivity contribution in [3.05, 3.63) is 36.1 Å². The molecule has 0 spiro atoms. The van der Waals surface area contributed by atoms with E-state index in [1.54, 1.807) is 25.2 Å². The van der Waals surface area contributed by atoms with E-state index >= 15 is 0 Å². The molecule has 2 unspecified atom stereocenters. The number of hydrogen-bond acceptors (Lipinski definition) is 3. The van der Waals surface area contributed by atoms with Crippen molar-refractivity contribution >= 4 is 7.60 Å². The molecule has 0 aromatic heterocycles. The Hall–Kier alpha value is -0.830. The minimum atomic E-state index is -3.73. The molecule has 0 saturated carbocycles. The first-order chi connectivity index (χ1) is 9.31. The number of nitrogens with one attached hydrogen (secondary N) is 1. The molecule has 0 amide bonds. The van der Waals surface area contributed by atoms with Gasteiger partial charge in [0.15, 0.2) is 0 Å². The number of allylic oxidation sites excluding steroid dienone is 5. The highest BCUT2D eigenvalue weighted by atomic mass is 31.2. The average Bonchev–Trinajstić information content (AvgIpc) is 2.53. The lowest BCUT2D eigenvalue weighted by Crippen LogP contribution is -2.22. The molecular weight excluding hydrogens is 273 g/mol. The normalized spacial score (nSPS) is 25.2. The van der Waals surface area contributed by atoms with Gasteiger partial charge in [-0.2, -0.15) is 0 Å². The van der Waals surface area contributed by atoms with Crippen molar-refractivity contribution in [3.63, 3.8) is 0 Å². The maximum Gasteiger partial charge on any atom is 0.341 e. The summed E-state index contributed by atoms with van der Waals surface area (Å²) in [6, 6.07) is 0.311. The lowest BCUT2D eigenvalue weighted by atomic mass is 10.1. The second-order valence-electron chi connectivity index (χ2n) is 5.55. The van der Waals surface area contributed by atoms with E-state index in [-0.39, 0.29) is 0 Å². The topological polar surface area (TPSA) is 58.6 Å². The average molecular weight is 299 g/mol. The SMILES string of the molecule is CCCCOP(=O)(O)C1(C)C=CC=C(NC(C)C)C=C1. The van der Waals surface area contributed by atoms with Gasteiger partial charge >= 0.3 is 7.60 Å². The van der Waals surface area contributed by atoms with Crippen LogP contribution in [0.3, 0.4) is 0 Å². The van der Waals surface area contributed by atoms with Crippen LogP contribution < -0.4 is 5.32 Å². The van der Waals surface area contributed by atoms with Gasteiger partial charge in [0.25, 0.3) is 0 Å². The molecule has 2 N–H and O–H groups in total. The van der Waals surface area contributed by atoms with Crippen LogP contribution in [0, 0.1) is 0 Å². The summed E-state index contributed by atoms with van der Waals surface area (Å²) in [7, 11) is -3.73. The van der Waals surface area contributed by atoms with Gasteiger partial charge < -0.3 is 14.7 Å². The molecule has 0 aromatic carbocycles. The molecule has 1 aliphatic carbocycles. The Bertz CT molecular complexity index is 454. The molecule has 0 aromatic rings. The predicted molar refractivity (Wildman–Crippen MR) is 83.7 cm³/mol. The van der Waals surface area contributed by atoms with E-state index in [4.69, 9.17) is 4.52 Å². The van der Waals surface area contributed by atoms with Crippen LogP contribution in [0.4, 0.5) is 0 Å². The summed E-state index contributed by atoms with van der Waals surface area (Å²) < 4.78 is 17.7. The summed E-state index contributed by atoms with van der Waals surface area (Å²) in [6.45, 7) is 8.15. The van der Waals surface area contributed by atoms with Gasteiger partial charge in [-0.25, -0.2) is 0 Å². The predicted octanol–water partition coefficient (Wildman–Crippen LogP) is 3.76. The zero-order valence-corrected chi connectivity index (χ0v) is 13.7. The molecule has 114 valence electrons. The quantitative estimate of drug-likeness (QED) is 0.555. The van der Waals surface area contributed by atoms with Crippen molar-refractivity contribution in [2.45, 2.75) is 51.7 Å². The Kier molecular flexibility index (Phi) is 6.25. The molecule has 1 rings (SSSR count). The van der Waals surface area contributed by atoms with Crippen LogP contribution in [0.15, 0.2) is 36.1 Å². The van der Waals surface area contributed by atoms with Crippen LogP contribution in [-0.4, -0.2) is 22.7 Å². The van der Waals surface area contributed by atoms with Crippen LogP contribution in [0.1, 0.15) is 40.5 Å². The number of unbranched alkanes of at least 4 members (excludes halogenated alkanes) is 1. The summed E-state index contributed by atoms with van der Waals surface area (Å²) in [5, 5.41) is 2.29. The fraction of sp³-hybridized carbons (Fsp3) is 0.600. The Balaban J connectivity index is 2.82. The minimum absolute atomic E-state index is 0.311. The van der Waals surface area contributed by atoms with Gasteiger partial charge in [0.05, 0.1) is 6.61 Å². The molecule has 5 heteroatoms. The smallest absolute Gasteiger partial charge is 0.341 e. The van der Waals surface area contributed by atoms with Gasteiger partial charge in [-0.05, 0) is 39.3 Å². The van der Waals surface area contributed by atoms with Crippen LogP contribution in [0.2, 0.25) is 0 Å². The first-order valence-electron chi connectivity index (χ1n) is 7.13. The van der Waals surface area contributed by atoms with Crippen molar-refractivity contribution in [1.82, 2.24) is 5.32 Å². The highest BCUT2D eigenvalue weighted by molar-refractivity contribution is 7.55. The van der Waals surface area contributed by atoms with Gasteiger partial charge in [0.2, 0.25) is 0 Å². The van der Waals surface area contributed by atoms with Crippen LogP contribution >= 0.6 is 7.60 Å². The van der Waals surface area contributed by atoms with Gasteiger partial charge in [-0.15, -0.1) is 0 Å². The summed E-state index contributed by atoms with van der Waals surface area (Å²) >= 11 is 0. The Morgan fingerprint density at radius 3 is 2.75 bits per heavy atom. The maximum atomic E-state index is 12.4. The van der Waals surface area contributed by atoms with Gasteiger partial charge in [0.1, 0.15) is 5.16 Å². The van der Waals surface area contributed by atoms with E-state index in [0.717, 1.165) is 18.5 Å². The van der Waals surface area contributed by atoms with E-state index in [2.05, 4.69) is 5.32 Å². The minimum Gasteiger partial charge on any atom is -0.383 e. The van der Waals surface area contributed by atoms with E-state index in [1.165, 1.54) is 0 Å². The standard InChI is InChI=1S/C15H26NO3P/c1-5-6-12-19-20(17,18)15(4)10-7-8-14(9-11-15)16-13(2)3/h7-11,13,16H,5-6,12H2,1-4H3,(H,17,18). The molecule has 0 heterocycles. The van der Waals surface area contributed by atoms with Gasteiger partial charge in [-0.1, -0.05) is 31.6 Å². The Labute approximate surface area is 122 Å². The zero-order chi connectivity index (χ0) is 15.2. The monoisotopic (exact) mass is 299 g/mol. The molecule has 4 nitrogen and oxygen atoms in total. The van der Waals surface area contributed by atoms with Crippen molar-refractivity contribution < 1.29 is 14.0 Å². The molecule has 0 radical (unpaired) electrons. The van der Waals surface area contributed by atoms with Crippen molar-refractivity contribution in [2.75, 3.05) is 6.61 Å². The second kappa shape index (κ2) is 7.26. The van der Waals surface area contributed by atoms with Gasteiger partial charge in [0, 0.05) is 11.7 Å². The third-order valence-corrected chi connectivity index (χ3v) is 5.19. The van der Waals surface area contributed by atoms with Crippen molar-refractivity contribution in [2.24, 2.45) is 0 Å². The summed E-state index contributed by atoms with van der Waals surface area (Å²) in [5.74, 6) is 0. The van der Waals surface area contributed by atoms with E-state index in [0.29, 0.717) is 12.6 Å². The second-order valence-corrected chi connectivity index (χ2v) is 7.81. The van der Waals surface area contributed by atoms with E-state index in [9.17, 15) is 9.46 Å². The summed E-state index contributed by atoms with van der Waals surface area (Å²) in [6.07, 6.45) is 10.7. The summed E-state index contributed by atoms with van der Waals surface area (Å²) in [4.78, 5) is 10.2. The molecule has 2 atom stereocenters. The van der Waals surface area contributed by atoms with Crippen LogP contribution in [-0.2, 0) is 9.09 Å². The van der Waals surface area contributed by atoms with Crippen LogP contribution in [0.25, 0.3) is 0 Å². The van der Waals surface area contributed by atoms with E-state index in [1.807, 2.05) is 32.9 Å². The Morgan fingerprint density at radius 2 is 2.15 bits per heavy atom. The lowest BCUT2D eigenvalue weighted by Gasteiger charge is -2.27. The largest absolute Gasteiger partial charge is 0.383 e. The number of rotatable bonds is 7. The third kappa shape index (κ3) is 4.62. The molecule has 20 heavy (non-hydrogen) atoms. The third-order valence-electron chi connectivity index (χ3n) is 3.14. The highest BCUT2D eigenvalue weighted by Crippen LogP contribution is 2.57. The number of hydrogen-bond donors (Lipinski definition) is 2. The first kappa shape index (κ1) is 17.2. The fourth-order valence-corrected chi connectivity index (χ4v) is 3.00. The van der Waals surface area contributed by atoms with Gasteiger partial charge in [-0.3, -0.25) is 4.57 Å². The fourth-order valence-electron chi connectivity index (χ4n) is 1.81. The van der Waals surface area contributed by atoms with Crippen molar-refractivity contribution in [1.29, 1.82) is 0 Å². The molecule has 0 aliphatic heterocycles. The molecule has 1 aliphatic rings. The van der Waals surface area contributed by atoms with E-state index < -0.39 is 12.8 Å². The molecule has 0 fully saturated rings. The summed E-state index contributed by atoms with van der Waals surface area (Å²) in [5.41, 5.74) is 0.925. The Morgan fingerprint density at radius 1 is 1.45 bits per heavy atom. The first-order valence-corrected chi connectivity index (χ1v) is 8.71. The molecular formula is C15H26NO3P. The molecule has 0 saturated heterocycles. The van der Waals surface area contributed by atoms with Crippen LogP contribution in [0.5, 0.6) is 0 Å². The highest BCUT2D eigenvalue weighted by Gasteiger charge is 2.41. The molecule has 0 bridgehead atoms. The van der Waals surface area contributed by atoms with Crippen molar-refractivity contribution in [3.8, 4) is 0 Å². The lowest BCUT2D eigenvalue weighted by molar-refractivity contribution is 0.245. The maximum absolute atomic E-state index is 12.4.